The van der Waals surface area contributed by atoms with Gasteiger partial charge in [-0.05, 0) is 12.0 Å². The number of aliphatic hydroxyl groups is 1. The van der Waals surface area contributed by atoms with Gasteiger partial charge in [-0.2, -0.15) is 4.31 Å². The maximum Gasteiger partial charge on any atom is 0.289 e. The first-order valence-electron chi connectivity index (χ1n) is 6.63. The zero-order chi connectivity index (χ0) is 16.2. The van der Waals surface area contributed by atoms with Crippen molar-refractivity contribution in [3.63, 3.8) is 0 Å². The number of rotatable bonds is 7. The van der Waals surface area contributed by atoms with Crippen LogP contribution in [0.4, 0.5) is 5.69 Å². The van der Waals surface area contributed by atoms with Gasteiger partial charge in [-0.3, -0.25) is 10.1 Å². The summed E-state index contributed by atoms with van der Waals surface area (Å²) in [5.41, 5.74) is -0.462. The van der Waals surface area contributed by atoms with Crippen LogP contribution >= 0.6 is 0 Å². The summed E-state index contributed by atoms with van der Waals surface area (Å²) in [5, 5.41) is 20.5. The zero-order valence-electron chi connectivity index (χ0n) is 12.3. The van der Waals surface area contributed by atoms with E-state index in [1.165, 1.54) is 18.2 Å². The van der Waals surface area contributed by atoms with E-state index in [-0.39, 0.29) is 24.0 Å². The fourth-order valence-corrected chi connectivity index (χ4v) is 4.09. The van der Waals surface area contributed by atoms with Crippen molar-refractivity contribution in [2.75, 3.05) is 13.2 Å². The van der Waals surface area contributed by atoms with Gasteiger partial charge in [0.2, 0.25) is 10.0 Å². The SMILES string of the molecule is CCN(C(CO)C(C)C)S(=O)(=O)c1ccccc1[N+](=O)[O-]. The maximum atomic E-state index is 12.7. The zero-order valence-corrected chi connectivity index (χ0v) is 13.1. The number of likely N-dealkylation sites (N-methyl/N-ethyl adjacent to an activating group) is 1. The molecule has 1 aromatic carbocycles. The predicted molar refractivity (Wildman–Crippen MR) is 78.4 cm³/mol. The normalized spacial score (nSPS) is 13.6. The highest BCUT2D eigenvalue weighted by Gasteiger charge is 2.35. The van der Waals surface area contributed by atoms with Gasteiger partial charge < -0.3 is 5.11 Å². The van der Waals surface area contributed by atoms with Crippen molar-refractivity contribution in [2.24, 2.45) is 5.92 Å². The van der Waals surface area contributed by atoms with E-state index in [1.807, 2.05) is 0 Å². The van der Waals surface area contributed by atoms with Crippen molar-refractivity contribution in [1.82, 2.24) is 4.31 Å². The third kappa shape index (κ3) is 3.58. The van der Waals surface area contributed by atoms with Crippen molar-refractivity contribution in [3.8, 4) is 0 Å². The molecule has 1 aromatic rings. The molecule has 1 rings (SSSR count). The Morgan fingerprint density at radius 3 is 2.33 bits per heavy atom. The van der Waals surface area contributed by atoms with Gasteiger partial charge in [0.05, 0.1) is 17.6 Å². The van der Waals surface area contributed by atoms with E-state index in [1.54, 1.807) is 20.8 Å². The minimum absolute atomic E-state index is 0.118. The highest BCUT2D eigenvalue weighted by molar-refractivity contribution is 7.89. The highest BCUT2D eigenvalue weighted by Crippen LogP contribution is 2.28. The second-order valence-corrected chi connectivity index (χ2v) is 6.79. The van der Waals surface area contributed by atoms with Crippen LogP contribution in [-0.2, 0) is 10.0 Å². The number of nitrogens with zero attached hydrogens (tertiary/aromatic N) is 2. The molecule has 0 saturated heterocycles. The van der Waals surface area contributed by atoms with Gasteiger partial charge in [-0.15, -0.1) is 0 Å². The molecule has 0 spiro atoms. The van der Waals surface area contributed by atoms with E-state index < -0.39 is 26.7 Å². The van der Waals surface area contributed by atoms with E-state index in [9.17, 15) is 23.6 Å². The fourth-order valence-electron chi connectivity index (χ4n) is 2.17. The summed E-state index contributed by atoms with van der Waals surface area (Å²) in [6.45, 7) is 5.00. The first-order chi connectivity index (χ1) is 9.77. The van der Waals surface area contributed by atoms with E-state index >= 15 is 0 Å². The number of para-hydroxylation sites is 1. The Labute approximate surface area is 124 Å². The summed E-state index contributed by atoms with van der Waals surface area (Å²) in [6.07, 6.45) is 0. The van der Waals surface area contributed by atoms with Gasteiger partial charge in [-0.1, -0.05) is 32.9 Å². The molecule has 0 aromatic heterocycles. The topological polar surface area (TPSA) is 101 Å². The van der Waals surface area contributed by atoms with Crippen LogP contribution in [0.15, 0.2) is 29.2 Å². The third-order valence-corrected chi connectivity index (χ3v) is 5.33. The number of hydrogen-bond donors (Lipinski definition) is 1. The summed E-state index contributed by atoms with van der Waals surface area (Å²) >= 11 is 0. The molecule has 118 valence electrons. The summed E-state index contributed by atoms with van der Waals surface area (Å²) < 4.78 is 26.5. The smallest absolute Gasteiger partial charge is 0.289 e. The number of hydrogen-bond acceptors (Lipinski definition) is 5. The van der Waals surface area contributed by atoms with Gasteiger partial charge >= 0.3 is 0 Å². The van der Waals surface area contributed by atoms with E-state index in [2.05, 4.69) is 0 Å². The number of nitro benzene ring substituents is 1. The average molecular weight is 316 g/mol. The number of nitro groups is 1. The molecule has 1 unspecified atom stereocenters. The van der Waals surface area contributed by atoms with Crippen molar-refractivity contribution in [3.05, 3.63) is 34.4 Å². The summed E-state index contributed by atoms with van der Waals surface area (Å²) in [5.74, 6) is -0.118. The lowest BCUT2D eigenvalue weighted by Gasteiger charge is -2.31. The molecule has 0 aliphatic carbocycles. The van der Waals surface area contributed by atoms with Gasteiger partial charge in [-0.25, -0.2) is 8.42 Å². The fraction of sp³-hybridized carbons (Fsp3) is 0.538. The molecule has 0 aliphatic rings. The minimum atomic E-state index is -4.05. The van der Waals surface area contributed by atoms with Gasteiger partial charge in [0.15, 0.2) is 4.90 Å². The van der Waals surface area contributed by atoms with Crippen LogP contribution in [-0.4, -0.2) is 41.9 Å². The van der Waals surface area contributed by atoms with Crippen LogP contribution in [0.2, 0.25) is 0 Å². The molecule has 1 N–H and O–H groups in total. The maximum absolute atomic E-state index is 12.7. The summed E-state index contributed by atoms with van der Waals surface area (Å²) in [4.78, 5) is 9.96. The van der Waals surface area contributed by atoms with Gasteiger partial charge in [0.1, 0.15) is 0 Å². The van der Waals surface area contributed by atoms with Crippen molar-refractivity contribution >= 4 is 15.7 Å². The minimum Gasteiger partial charge on any atom is -0.395 e. The quantitative estimate of drug-likeness (QED) is 0.608. The average Bonchev–Trinajstić information content (AvgIpc) is 2.43. The van der Waals surface area contributed by atoms with Crippen molar-refractivity contribution in [1.29, 1.82) is 0 Å². The van der Waals surface area contributed by atoms with Gasteiger partial charge in [0, 0.05) is 12.6 Å². The summed E-state index contributed by atoms with van der Waals surface area (Å²) in [6, 6.07) is 4.60. The number of benzene rings is 1. The monoisotopic (exact) mass is 316 g/mol. The highest BCUT2D eigenvalue weighted by atomic mass is 32.2. The molecule has 21 heavy (non-hydrogen) atoms. The first-order valence-corrected chi connectivity index (χ1v) is 8.07. The second-order valence-electron chi connectivity index (χ2n) is 4.93. The molecule has 0 fully saturated rings. The Morgan fingerprint density at radius 2 is 1.90 bits per heavy atom. The largest absolute Gasteiger partial charge is 0.395 e. The Kier molecular flexibility index (Phi) is 5.82. The summed E-state index contributed by atoms with van der Waals surface area (Å²) in [7, 11) is -4.05. The van der Waals surface area contributed by atoms with Gasteiger partial charge in [0.25, 0.3) is 5.69 Å². The molecular weight excluding hydrogens is 296 g/mol. The standard InChI is InChI=1S/C13H20N2O5S/c1-4-14(12(9-16)10(2)3)21(19,20)13-8-6-5-7-11(13)15(17)18/h5-8,10,12,16H,4,9H2,1-3H3. The molecule has 0 saturated carbocycles. The van der Waals surface area contributed by atoms with E-state index in [0.717, 1.165) is 10.4 Å². The Hall–Kier alpha value is -1.51. The molecule has 0 radical (unpaired) electrons. The van der Waals surface area contributed by atoms with Crippen LogP contribution in [0.3, 0.4) is 0 Å². The Balaban J connectivity index is 3.42. The van der Waals surface area contributed by atoms with E-state index in [0.29, 0.717) is 0 Å². The Morgan fingerprint density at radius 1 is 1.33 bits per heavy atom. The lowest BCUT2D eigenvalue weighted by atomic mass is 10.1. The predicted octanol–water partition coefficient (Wildman–Crippen LogP) is 1.62. The molecule has 1 atom stereocenters. The Bertz CT molecular complexity index is 600. The molecule has 7 nitrogen and oxygen atoms in total. The van der Waals surface area contributed by atoms with Crippen LogP contribution in [0, 0.1) is 16.0 Å². The van der Waals surface area contributed by atoms with E-state index in [4.69, 9.17) is 0 Å². The lowest BCUT2D eigenvalue weighted by Crippen LogP contribution is -2.45. The van der Waals surface area contributed by atoms with Crippen molar-refractivity contribution < 1.29 is 18.4 Å². The van der Waals surface area contributed by atoms with Crippen LogP contribution in [0.5, 0.6) is 0 Å². The second kappa shape index (κ2) is 6.97. The molecular formula is C13H20N2O5S. The molecule has 8 heteroatoms. The van der Waals surface area contributed by atoms with Crippen LogP contribution < -0.4 is 0 Å². The number of aliphatic hydroxyl groups excluding tert-OH is 1. The lowest BCUT2D eigenvalue weighted by molar-refractivity contribution is -0.387. The van der Waals surface area contributed by atoms with Crippen LogP contribution in [0.25, 0.3) is 0 Å². The molecule has 0 aliphatic heterocycles. The molecule has 0 bridgehead atoms. The third-order valence-electron chi connectivity index (χ3n) is 3.29. The first kappa shape index (κ1) is 17.5. The molecule has 0 amide bonds. The van der Waals surface area contributed by atoms with Crippen molar-refractivity contribution in [2.45, 2.75) is 31.7 Å². The molecule has 0 heterocycles. The number of sulfonamides is 1. The van der Waals surface area contributed by atoms with Crippen LogP contribution in [0.1, 0.15) is 20.8 Å².